The van der Waals surface area contributed by atoms with Crippen LogP contribution in [0, 0.1) is 0 Å². The number of nitrogens with zero attached hydrogens (tertiary/aromatic N) is 3. The van der Waals surface area contributed by atoms with E-state index >= 15 is 0 Å². The van der Waals surface area contributed by atoms with Gasteiger partial charge in [0, 0.05) is 33.0 Å². The maximum absolute atomic E-state index is 6.42. The monoisotopic (exact) mass is 641 g/mol. The quantitative estimate of drug-likeness (QED) is 0.187. The predicted molar refractivity (Wildman–Crippen MR) is 202 cm³/mol. The van der Waals surface area contributed by atoms with Crippen LogP contribution in [0.2, 0.25) is 0 Å². The number of fused-ring (bicyclic) bond motifs is 7. The lowest BCUT2D eigenvalue weighted by molar-refractivity contribution is 0.633. The zero-order valence-corrected chi connectivity index (χ0v) is 26.7. The van der Waals surface area contributed by atoms with Crippen molar-refractivity contribution in [2.24, 2.45) is 0 Å². The first-order chi connectivity index (χ1) is 24.8. The largest absolute Gasteiger partial charge is 0.452 e. The molecule has 0 aliphatic heterocycles. The molecule has 0 aliphatic rings. The van der Waals surface area contributed by atoms with Crippen LogP contribution in [-0.4, -0.2) is 15.0 Å². The molecule has 0 bridgehead atoms. The highest BCUT2D eigenvalue weighted by atomic mass is 16.4. The number of pyridine rings is 1. The Morgan fingerprint density at radius 3 is 1.50 bits per heavy atom. The lowest BCUT2D eigenvalue weighted by atomic mass is 9.98. The Hall–Kier alpha value is -6.85. The van der Waals surface area contributed by atoms with E-state index in [1.165, 1.54) is 0 Å². The second-order valence-corrected chi connectivity index (χ2v) is 12.4. The lowest BCUT2D eigenvalue weighted by Crippen LogP contribution is -1.95. The molecule has 0 saturated carbocycles. The fourth-order valence-corrected chi connectivity index (χ4v) is 6.84. The Balaban J connectivity index is 1.04. The third-order valence-electron chi connectivity index (χ3n) is 9.33. The number of para-hydroxylation sites is 2. The average Bonchev–Trinajstić information content (AvgIpc) is 3.77. The van der Waals surface area contributed by atoms with Gasteiger partial charge in [-0.3, -0.25) is 0 Å². The van der Waals surface area contributed by atoms with E-state index in [2.05, 4.69) is 72.8 Å². The standard InChI is InChI=1S/C45H27N3O2/c1-3-11-30(12-4-1)36-27-37(47-45(46-36)33-13-5-2-6-14-33)31-23-19-28(20-24-31)29-21-25-32(26-22-29)41-40-34-15-7-9-17-38(34)49-43(40)44-42(48-41)35-16-8-10-18-39(35)50-44/h1-27H. The van der Waals surface area contributed by atoms with Crippen LogP contribution in [-0.2, 0) is 0 Å². The van der Waals surface area contributed by atoms with Crippen molar-refractivity contribution in [3.63, 3.8) is 0 Å². The first-order valence-electron chi connectivity index (χ1n) is 16.6. The maximum atomic E-state index is 6.42. The summed E-state index contributed by atoms with van der Waals surface area (Å²) in [5, 5.41) is 2.94. The molecule has 0 N–H and O–H groups in total. The van der Waals surface area contributed by atoms with Crippen LogP contribution < -0.4 is 0 Å². The highest BCUT2D eigenvalue weighted by Gasteiger charge is 2.22. The molecular formula is C45H27N3O2. The molecule has 0 spiro atoms. The maximum Gasteiger partial charge on any atom is 0.197 e. The fraction of sp³-hybridized carbons (Fsp3) is 0. The average molecular weight is 642 g/mol. The molecule has 0 fully saturated rings. The topological polar surface area (TPSA) is 65.0 Å². The summed E-state index contributed by atoms with van der Waals surface area (Å²) in [4.78, 5) is 15.1. The molecular weight excluding hydrogens is 615 g/mol. The molecule has 0 amide bonds. The highest BCUT2D eigenvalue weighted by Crippen LogP contribution is 2.42. The molecule has 0 aliphatic carbocycles. The zero-order valence-electron chi connectivity index (χ0n) is 26.7. The summed E-state index contributed by atoms with van der Waals surface area (Å²) in [6.07, 6.45) is 0. The zero-order chi connectivity index (χ0) is 33.0. The minimum Gasteiger partial charge on any atom is -0.452 e. The van der Waals surface area contributed by atoms with E-state index < -0.39 is 0 Å². The van der Waals surface area contributed by atoms with Crippen LogP contribution in [0.3, 0.4) is 0 Å². The molecule has 5 nitrogen and oxygen atoms in total. The van der Waals surface area contributed by atoms with Gasteiger partial charge < -0.3 is 8.83 Å². The van der Waals surface area contributed by atoms with Gasteiger partial charge in [0.15, 0.2) is 17.0 Å². The van der Waals surface area contributed by atoms with Gasteiger partial charge in [0.05, 0.1) is 22.5 Å². The Morgan fingerprint density at radius 2 is 0.840 bits per heavy atom. The van der Waals surface area contributed by atoms with Gasteiger partial charge in [-0.2, -0.15) is 0 Å². The molecule has 50 heavy (non-hydrogen) atoms. The number of aromatic nitrogens is 3. The molecule has 6 aromatic carbocycles. The summed E-state index contributed by atoms with van der Waals surface area (Å²) >= 11 is 0. The Morgan fingerprint density at radius 1 is 0.360 bits per heavy atom. The Labute approximate surface area is 287 Å². The number of rotatable bonds is 5. The van der Waals surface area contributed by atoms with E-state index in [4.69, 9.17) is 23.8 Å². The van der Waals surface area contributed by atoms with Crippen molar-refractivity contribution in [1.82, 2.24) is 15.0 Å². The molecule has 0 unspecified atom stereocenters. The summed E-state index contributed by atoms with van der Waals surface area (Å²) < 4.78 is 12.7. The van der Waals surface area contributed by atoms with Gasteiger partial charge in [-0.1, -0.05) is 140 Å². The third kappa shape index (κ3) is 4.67. The van der Waals surface area contributed by atoms with Crippen molar-refractivity contribution in [2.75, 3.05) is 0 Å². The smallest absolute Gasteiger partial charge is 0.197 e. The third-order valence-corrected chi connectivity index (χ3v) is 9.33. The van der Waals surface area contributed by atoms with Crippen molar-refractivity contribution >= 4 is 44.0 Å². The highest BCUT2D eigenvalue weighted by molar-refractivity contribution is 6.21. The first-order valence-corrected chi connectivity index (χ1v) is 16.6. The van der Waals surface area contributed by atoms with E-state index in [0.29, 0.717) is 11.4 Å². The molecule has 0 radical (unpaired) electrons. The molecule has 10 aromatic rings. The molecule has 4 heterocycles. The number of benzene rings is 6. The molecule has 234 valence electrons. The van der Waals surface area contributed by atoms with E-state index in [1.54, 1.807) is 0 Å². The van der Waals surface area contributed by atoms with Crippen LogP contribution in [0.15, 0.2) is 173 Å². The van der Waals surface area contributed by atoms with E-state index in [9.17, 15) is 0 Å². The first kappa shape index (κ1) is 28.2. The van der Waals surface area contributed by atoms with Crippen LogP contribution in [0.25, 0.3) is 100 Å². The van der Waals surface area contributed by atoms with Crippen molar-refractivity contribution in [3.8, 4) is 56.3 Å². The van der Waals surface area contributed by atoms with E-state index in [0.717, 1.165) is 88.9 Å². The molecule has 0 atom stereocenters. The van der Waals surface area contributed by atoms with Gasteiger partial charge in [0.25, 0.3) is 0 Å². The molecule has 4 aromatic heterocycles. The number of hydrogen-bond acceptors (Lipinski definition) is 5. The molecule has 5 heteroatoms. The van der Waals surface area contributed by atoms with Gasteiger partial charge >= 0.3 is 0 Å². The molecule has 0 saturated heterocycles. The van der Waals surface area contributed by atoms with Crippen molar-refractivity contribution in [1.29, 1.82) is 0 Å². The van der Waals surface area contributed by atoms with Crippen LogP contribution in [0.4, 0.5) is 0 Å². The van der Waals surface area contributed by atoms with E-state index in [1.807, 2.05) is 91.0 Å². The minimum atomic E-state index is 0.674. The van der Waals surface area contributed by atoms with Gasteiger partial charge in [-0.15, -0.1) is 0 Å². The minimum absolute atomic E-state index is 0.674. The Kier molecular flexibility index (Phi) is 6.42. The van der Waals surface area contributed by atoms with E-state index in [-0.39, 0.29) is 0 Å². The van der Waals surface area contributed by atoms with Gasteiger partial charge in [-0.25, -0.2) is 15.0 Å². The van der Waals surface area contributed by atoms with Crippen LogP contribution in [0.5, 0.6) is 0 Å². The SMILES string of the molecule is c1ccc(-c2cc(-c3ccc(-c4ccc(-c5nc6c7ccccc7oc6c6oc7ccccc7c56)cc4)cc3)nc(-c3ccccc3)n2)cc1. The van der Waals surface area contributed by atoms with Gasteiger partial charge in [0.2, 0.25) is 0 Å². The second-order valence-electron chi connectivity index (χ2n) is 12.4. The number of hydrogen-bond donors (Lipinski definition) is 0. The van der Waals surface area contributed by atoms with Crippen LogP contribution in [0.1, 0.15) is 0 Å². The van der Waals surface area contributed by atoms with Gasteiger partial charge in [0.1, 0.15) is 16.7 Å². The molecule has 10 rings (SSSR count). The Bertz CT molecular complexity index is 2780. The summed E-state index contributed by atoms with van der Waals surface area (Å²) in [7, 11) is 0. The predicted octanol–water partition coefficient (Wildman–Crippen LogP) is 12.0. The van der Waals surface area contributed by atoms with Crippen molar-refractivity contribution in [3.05, 3.63) is 164 Å². The number of furan rings is 2. The van der Waals surface area contributed by atoms with Crippen LogP contribution >= 0.6 is 0 Å². The normalized spacial score (nSPS) is 11.6. The second kappa shape index (κ2) is 11.4. The van der Waals surface area contributed by atoms with Crippen molar-refractivity contribution in [2.45, 2.75) is 0 Å². The summed E-state index contributed by atoms with van der Waals surface area (Å²) in [5.74, 6) is 0.705. The van der Waals surface area contributed by atoms with Crippen molar-refractivity contribution < 1.29 is 8.83 Å². The lowest BCUT2D eigenvalue weighted by Gasteiger charge is -2.10. The van der Waals surface area contributed by atoms with Gasteiger partial charge in [-0.05, 0) is 35.4 Å². The summed E-state index contributed by atoms with van der Waals surface area (Å²) in [6, 6.07) is 55.7. The summed E-state index contributed by atoms with van der Waals surface area (Å²) in [6.45, 7) is 0. The summed E-state index contributed by atoms with van der Waals surface area (Å²) in [5.41, 5.74) is 12.8. The fourth-order valence-electron chi connectivity index (χ4n) is 6.84.